The van der Waals surface area contributed by atoms with Crippen LogP contribution in [0.5, 0.6) is 0 Å². The van der Waals surface area contributed by atoms with E-state index in [-0.39, 0.29) is 11.2 Å². The normalized spacial score (nSPS) is 11.7. The highest BCUT2D eigenvalue weighted by molar-refractivity contribution is 5.75. The maximum Gasteiger partial charge on any atom is 0.129 e. The van der Waals surface area contributed by atoms with Crippen molar-refractivity contribution in [3.05, 3.63) is 24.0 Å². The third-order valence-corrected chi connectivity index (χ3v) is 2.78. The Kier molecular flexibility index (Phi) is 4.74. The van der Waals surface area contributed by atoms with Crippen molar-refractivity contribution in [1.29, 1.82) is 0 Å². The molecular formula is C13H22N2O. The van der Waals surface area contributed by atoms with Crippen molar-refractivity contribution < 1.29 is 4.79 Å². The van der Waals surface area contributed by atoms with Gasteiger partial charge in [-0.05, 0) is 32.0 Å². The third kappa shape index (κ3) is 4.19. The Bertz CT molecular complexity index is 315. The number of H-pyrrole nitrogens is 1. The molecule has 0 atom stereocenters. The number of ketones is 1. The van der Waals surface area contributed by atoms with Gasteiger partial charge in [0, 0.05) is 30.3 Å². The number of aromatic nitrogens is 1. The molecule has 0 aliphatic heterocycles. The van der Waals surface area contributed by atoms with Crippen LogP contribution in [-0.2, 0) is 10.2 Å². The summed E-state index contributed by atoms with van der Waals surface area (Å²) in [7, 11) is 0. The zero-order valence-electron chi connectivity index (χ0n) is 10.5. The molecular weight excluding hydrogens is 200 g/mol. The SMILES string of the molecule is CC(=O)CCCNCC(C)(C)c1ccc[nH]1. The summed E-state index contributed by atoms with van der Waals surface area (Å²) in [6.07, 6.45) is 3.55. The lowest BCUT2D eigenvalue weighted by atomic mass is 9.89. The molecule has 2 N–H and O–H groups in total. The number of nitrogens with one attached hydrogen (secondary N) is 2. The van der Waals surface area contributed by atoms with Crippen molar-refractivity contribution >= 4 is 5.78 Å². The van der Waals surface area contributed by atoms with Crippen LogP contribution in [0.3, 0.4) is 0 Å². The second-order valence-corrected chi connectivity index (χ2v) is 4.95. The van der Waals surface area contributed by atoms with Gasteiger partial charge in [0.2, 0.25) is 0 Å². The van der Waals surface area contributed by atoms with E-state index in [4.69, 9.17) is 0 Å². The van der Waals surface area contributed by atoms with Crippen LogP contribution in [0.2, 0.25) is 0 Å². The van der Waals surface area contributed by atoms with Gasteiger partial charge in [-0.1, -0.05) is 13.8 Å². The minimum Gasteiger partial charge on any atom is -0.365 e. The number of carbonyl (C=O) groups is 1. The van der Waals surface area contributed by atoms with Gasteiger partial charge in [0.25, 0.3) is 0 Å². The number of hydrogen-bond acceptors (Lipinski definition) is 2. The topological polar surface area (TPSA) is 44.9 Å². The van der Waals surface area contributed by atoms with E-state index in [0.717, 1.165) is 19.5 Å². The highest BCUT2D eigenvalue weighted by atomic mass is 16.1. The van der Waals surface area contributed by atoms with Crippen molar-refractivity contribution in [3.63, 3.8) is 0 Å². The van der Waals surface area contributed by atoms with Gasteiger partial charge in [-0.25, -0.2) is 0 Å². The molecule has 16 heavy (non-hydrogen) atoms. The molecule has 0 aliphatic carbocycles. The first-order valence-electron chi connectivity index (χ1n) is 5.86. The zero-order chi connectivity index (χ0) is 12.0. The van der Waals surface area contributed by atoms with Crippen LogP contribution in [0.4, 0.5) is 0 Å². The number of aromatic amines is 1. The average molecular weight is 222 g/mol. The summed E-state index contributed by atoms with van der Waals surface area (Å²) in [5.74, 6) is 0.269. The molecule has 3 heteroatoms. The maximum atomic E-state index is 10.8. The molecule has 1 heterocycles. The van der Waals surface area contributed by atoms with Crippen LogP contribution in [0.25, 0.3) is 0 Å². The molecule has 0 aromatic carbocycles. The van der Waals surface area contributed by atoms with E-state index < -0.39 is 0 Å². The molecule has 3 nitrogen and oxygen atoms in total. The number of hydrogen-bond donors (Lipinski definition) is 2. The van der Waals surface area contributed by atoms with Crippen molar-refractivity contribution in [2.45, 2.75) is 39.0 Å². The zero-order valence-corrected chi connectivity index (χ0v) is 10.5. The Balaban J connectivity index is 2.24. The molecule has 0 saturated heterocycles. The first-order valence-corrected chi connectivity index (χ1v) is 5.86. The van der Waals surface area contributed by atoms with E-state index in [1.807, 2.05) is 12.3 Å². The van der Waals surface area contributed by atoms with Gasteiger partial charge >= 0.3 is 0 Å². The van der Waals surface area contributed by atoms with E-state index in [9.17, 15) is 4.79 Å². The second-order valence-electron chi connectivity index (χ2n) is 4.95. The molecule has 0 saturated carbocycles. The number of carbonyl (C=O) groups excluding carboxylic acids is 1. The third-order valence-electron chi connectivity index (χ3n) is 2.78. The maximum absolute atomic E-state index is 10.8. The fraction of sp³-hybridized carbons (Fsp3) is 0.615. The van der Waals surface area contributed by atoms with Crippen LogP contribution < -0.4 is 5.32 Å². The lowest BCUT2D eigenvalue weighted by Gasteiger charge is -2.24. The van der Waals surface area contributed by atoms with E-state index in [2.05, 4.69) is 30.2 Å². The van der Waals surface area contributed by atoms with Crippen molar-refractivity contribution in [3.8, 4) is 0 Å². The summed E-state index contributed by atoms with van der Waals surface area (Å²) in [6.45, 7) is 7.88. The first kappa shape index (κ1) is 13.0. The fourth-order valence-corrected chi connectivity index (χ4v) is 1.71. The van der Waals surface area contributed by atoms with E-state index in [1.165, 1.54) is 5.69 Å². The standard InChI is InChI=1S/C13H22N2O/c1-11(16)6-4-8-14-10-13(2,3)12-7-5-9-15-12/h5,7,9,14-15H,4,6,8,10H2,1-3H3. The van der Waals surface area contributed by atoms with Gasteiger partial charge in [-0.15, -0.1) is 0 Å². The molecule has 0 unspecified atom stereocenters. The molecule has 0 spiro atoms. The predicted molar refractivity (Wildman–Crippen MR) is 66.6 cm³/mol. The Labute approximate surface area is 97.6 Å². The minimum atomic E-state index is 0.111. The molecule has 0 bridgehead atoms. The summed E-state index contributed by atoms with van der Waals surface area (Å²) < 4.78 is 0. The summed E-state index contributed by atoms with van der Waals surface area (Å²) >= 11 is 0. The minimum absolute atomic E-state index is 0.111. The molecule has 1 aromatic heterocycles. The van der Waals surface area contributed by atoms with Crippen LogP contribution in [-0.4, -0.2) is 23.9 Å². The molecule has 1 rings (SSSR count). The van der Waals surface area contributed by atoms with Crippen LogP contribution in [0, 0.1) is 0 Å². The van der Waals surface area contributed by atoms with E-state index >= 15 is 0 Å². The summed E-state index contributed by atoms with van der Waals surface area (Å²) in [4.78, 5) is 14.0. The molecule has 0 aliphatic rings. The molecule has 0 amide bonds. The van der Waals surface area contributed by atoms with Gasteiger partial charge in [-0.2, -0.15) is 0 Å². The largest absolute Gasteiger partial charge is 0.365 e. The van der Waals surface area contributed by atoms with E-state index in [0.29, 0.717) is 6.42 Å². The van der Waals surface area contributed by atoms with Crippen molar-refractivity contribution in [2.75, 3.05) is 13.1 Å². The lowest BCUT2D eigenvalue weighted by Crippen LogP contribution is -2.33. The smallest absolute Gasteiger partial charge is 0.129 e. The number of rotatable bonds is 7. The highest BCUT2D eigenvalue weighted by Gasteiger charge is 2.20. The van der Waals surface area contributed by atoms with Gasteiger partial charge in [0.15, 0.2) is 0 Å². The Morgan fingerprint density at radius 2 is 2.25 bits per heavy atom. The average Bonchev–Trinajstić information content (AvgIpc) is 2.69. The van der Waals surface area contributed by atoms with Gasteiger partial charge in [0.1, 0.15) is 5.78 Å². The van der Waals surface area contributed by atoms with Crippen LogP contribution >= 0.6 is 0 Å². The lowest BCUT2D eigenvalue weighted by molar-refractivity contribution is -0.117. The van der Waals surface area contributed by atoms with Crippen molar-refractivity contribution in [1.82, 2.24) is 10.3 Å². The molecule has 1 aromatic rings. The fourth-order valence-electron chi connectivity index (χ4n) is 1.71. The summed E-state index contributed by atoms with van der Waals surface area (Å²) in [5, 5.41) is 3.40. The van der Waals surface area contributed by atoms with Crippen LogP contribution in [0.15, 0.2) is 18.3 Å². The molecule has 0 radical (unpaired) electrons. The quantitative estimate of drug-likeness (QED) is 0.695. The van der Waals surface area contributed by atoms with Gasteiger partial charge in [-0.3, -0.25) is 0 Å². The van der Waals surface area contributed by atoms with E-state index in [1.54, 1.807) is 6.92 Å². The Morgan fingerprint density at radius 1 is 1.50 bits per heavy atom. The van der Waals surface area contributed by atoms with Crippen molar-refractivity contribution in [2.24, 2.45) is 0 Å². The second kappa shape index (κ2) is 5.85. The van der Waals surface area contributed by atoms with Crippen LogP contribution in [0.1, 0.15) is 39.3 Å². The number of Topliss-reactive ketones (excluding diaryl/α,β-unsaturated/α-hetero) is 1. The molecule has 0 fully saturated rings. The Morgan fingerprint density at radius 3 is 2.81 bits per heavy atom. The Hall–Kier alpha value is -1.09. The van der Waals surface area contributed by atoms with Gasteiger partial charge in [0.05, 0.1) is 0 Å². The summed E-state index contributed by atoms with van der Waals surface area (Å²) in [5.41, 5.74) is 1.35. The molecule has 90 valence electrons. The summed E-state index contributed by atoms with van der Waals surface area (Å²) in [6, 6.07) is 4.13. The first-order chi connectivity index (χ1) is 7.52. The van der Waals surface area contributed by atoms with Gasteiger partial charge < -0.3 is 15.1 Å². The monoisotopic (exact) mass is 222 g/mol. The predicted octanol–water partition coefficient (Wildman–Crippen LogP) is 2.25. The highest BCUT2D eigenvalue weighted by Crippen LogP contribution is 2.19.